The zero-order chi connectivity index (χ0) is 20.0. The number of benzene rings is 2. The summed E-state index contributed by atoms with van der Waals surface area (Å²) in [5, 5.41) is 3.03. The van der Waals surface area contributed by atoms with E-state index < -0.39 is 10.0 Å². The predicted octanol–water partition coefficient (Wildman–Crippen LogP) is 0.594. The molecule has 0 aromatic heterocycles. The number of sulfonamides is 1. The molecule has 0 unspecified atom stereocenters. The topological polar surface area (TPSA) is 70.9 Å². The van der Waals surface area contributed by atoms with Gasteiger partial charge in [-0.1, -0.05) is 60.7 Å². The average Bonchev–Trinajstić information content (AvgIpc) is 2.69. The van der Waals surface area contributed by atoms with E-state index in [0.717, 1.165) is 16.0 Å². The summed E-state index contributed by atoms with van der Waals surface area (Å²) in [5.41, 5.74) is 1.87. The molecule has 0 radical (unpaired) electrons. The highest BCUT2D eigenvalue weighted by Gasteiger charge is 2.30. The quantitative estimate of drug-likeness (QED) is 0.712. The molecule has 1 aliphatic rings. The molecule has 1 saturated heterocycles. The number of nitrogens with zero attached hydrogens (tertiary/aromatic N) is 1. The maximum atomic E-state index is 12.6. The summed E-state index contributed by atoms with van der Waals surface area (Å²) in [6, 6.07) is 19.0. The molecule has 28 heavy (non-hydrogen) atoms. The largest absolute Gasteiger partial charge is 0.345 e. The van der Waals surface area contributed by atoms with E-state index in [9.17, 15) is 13.2 Å². The highest BCUT2D eigenvalue weighted by molar-refractivity contribution is 7.88. The Morgan fingerprint density at radius 2 is 1.61 bits per heavy atom. The molecule has 2 aromatic rings. The van der Waals surface area contributed by atoms with Crippen molar-refractivity contribution in [3.05, 3.63) is 71.8 Å². The summed E-state index contributed by atoms with van der Waals surface area (Å²) < 4.78 is 26.8. The van der Waals surface area contributed by atoms with Gasteiger partial charge in [-0.25, -0.2) is 8.42 Å². The van der Waals surface area contributed by atoms with Gasteiger partial charge in [-0.3, -0.25) is 4.79 Å². The standard InChI is InChI=1S/C21H27N3O3S/c1-18(20-10-6-3-7-11-20)22-21(25)16-23-12-14-24(15-13-23)28(26,27)17-19-8-4-2-5-9-19/h2-11,18H,12-17H2,1H3,(H,22,25)/p+1/t18-/m1/s1. The van der Waals surface area contributed by atoms with Gasteiger partial charge < -0.3 is 10.2 Å². The number of piperazine rings is 1. The van der Waals surface area contributed by atoms with Crippen molar-refractivity contribution in [1.29, 1.82) is 0 Å². The van der Waals surface area contributed by atoms with Crippen LogP contribution in [0.5, 0.6) is 0 Å². The number of quaternary nitrogens is 1. The molecule has 1 heterocycles. The number of hydrogen-bond acceptors (Lipinski definition) is 3. The fourth-order valence-electron chi connectivity index (χ4n) is 3.48. The second kappa shape index (κ2) is 9.32. The third-order valence-corrected chi connectivity index (χ3v) is 6.95. The molecule has 0 bridgehead atoms. The van der Waals surface area contributed by atoms with Crippen LogP contribution in [0.25, 0.3) is 0 Å². The van der Waals surface area contributed by atoms with E-state index in [1.54, 1.807) is 4.31 Å². The summed E-state index contributed by atoms with van der Waals surface area (Å²) in [6.07, 6.45) is 0. The van der Waals surface area contributed by atoms with Crippen molar-refractivity contribution in [3.63, 3.8) is 0 Å². The first-order valence-corrected chi connectivity index (χ1v) is 11.2. The molecular weight excluding hydrogens is 374 g/mol. The Labute approximate surface area is 167 Å². The summed E-state index contributed by atoms with van der Waals surface area (Å²) in [6.45, 7) is 4.51. The van der Waals surface area contributed by atoms with Crippen molar-refractivity contribution in [2.75, 3.05) is 32.7 Å². The summed E-state index contributed by atoms with van der Waals surface area (Å²) in [4.78, 5) is 13.5. The minimum absolute atomic E-state index is 0.00746. The van der Waals surface area contributed by atoms with Crippen LogP contribution in [0.1, 0.15) is 24.1 Å². The van der Waals surface area contributed by atoms with Crippen molar-refractivity contribution in [2.24, 2.45) is 0 Å². The molecule has 1 fully saturated rings. The van der Waals surface area contributed by atoms with Gasteiger partial charge in [0.05, 0.1) is 38.0 Å². The van der Waals surface area contributed by atoms with Crippen LogP contribution in [0.3, 0.4) is 0 Å². The van der Waals surface area contributed by atoms with Crippen molar-refractivity contribution in [3.8, 4) is 0 Å². The Morgan fingerprint density at radius 3 is 2.21 bits per heavy atom. The molecule has 2 N–H and O–H groups in total. The lowest BCUT2D eigenvalue weighted by Crippen LogP contribution is -3.15. The Morgan fingerprint density at radius 1 is 1.04 bits per heavy atom. The van der Waals surface area contributed by atoms with E-state index in [1.807, 2.05) is 67.6 Å². The van der Waals surface area contributed by atoms with Crippen LogP contribution in [-0.2, 0) is 20.6 Å². The van der Waals surface area contributed by atoms with Crippen LogP contribution in [0.2, 0.25) is 0 Å². The number of rotatable bonds is 7. The van der Waals surface area contributed by atoms with Gasteiger partial charge in [0.2, 0.25) is 10.0 Å². The maximum Gasteiger partial charge on any atom is 0.275 e. The molecule has 7 heteroatoms. The molecule has 1 amide bonds. The van der Waals surface area contributed by atoms with E-state index in [2.05, 4.69) is 5.32 Å². The van der Waals surface area contributed by atoms with Crippen LogP contribution in [-0.4, -0.2) is 51.4 Å². The van der Waals surface area contributed by atoms with E-state index >= 15 is 0 Å². The highest BCUT2D eigenvalue weighted by Crippen LogP contribution is 2.11. The molecule has 0 spiro atoms. The Kier molecular flexibility index (Phi) is 6.83. The van der Waals surface area contributed by atoms with Gasteiger partial charge in [-0.2, -0.15) is 4.31 Å². The first kappa shape index (κ1) is 20.5. The van der Waals surface area contributed by atoms with E-state index in [1.165, 1.54) is 0 Å². The van der Waals surface area contributed by atoms with Crippen LogP contribution in [0.15, 0.2) is 60.7 Å². The van der Waals surface area contributed by atoms with Crippen LogP contribution in [0.4, 0.5) is 0 Å². The fourth-order valence-corrected chi connectivity index (χ4v) is 5.01. The SMILES string of the molecule is C[C@@H](NC(=O)C[NH+]1CCN(S(=O)(=O)Cc2ccccc2)CC1)c1ccccc1. The van der Waals surface area contributed by atoms with Gasteiger partial charge in [0, 0.05) is 0 Å². The molecule has 3 rings (SSSR count). The lowest BCUT2D eigenvalue weighted by molar-refractivity contribution is -0.895. The maximum absolute atomic E-state index is 12.6. The molecule has 1 atom stereocenters. The van der Waals surface area contributed by atoms with Crippen molar-refractivity contribution in [2.45, 2.75) is 18.7 Å². The van der Waals surface area contributed by atoms with Crippen LogP contribution >= 0.6 is 0 Å². The van der Waals surface area contributed by atoms with Gasteiger partial charge in [-0.15, -0.1) is 0 Å². The van der Waals surface area contributed by atoms with Gasteiger partial charge in [-0.05, 0) is 18.1 Å². The van der Waals surface area contributed by atoms with Crippen molar-refractivity contribution in [1.82, 2.24) is 9.62 Å². The number of carbonyl (C=O) groups is 1. The Bertz CT molecular complexity index is 864. The number of carbonyl (C=O) groups excluding carboxylic acids is 1. The summed E-state index contributed by atoms with van der Waals surface area (Å²) >= 11 is 0. The normalized spacial score (nSPS) is 17.2. The number of amides is 1. The first-order chi connectivity index (χ1) is 13.4. The van der Waals surface area contributed by atoms with Crippen molar-refractivity contribution < 1.29 is 18.1 Å². The van der Waals surface area contributed by atoms with Gasteiger partial charge in [0.15, 0.2) is 6.54 Å². The molecule has 0 aliphatic carbocycles. The van der Waals surface area contributed by atoms with Gasteiger partial charge >= 0.3 is 0 Å². The Hall–Kier alpha value is -2.22. The second-order valence-corrected chi connectivity index (χ2v) is 9.24. The second-order valence-electron chi connectivity index (χ2n) is 7.27. The smallest absolute Gasteiger partial charge is 0.275 e. The number of hydrogen-bond donors (Lipinski definition) is 2. The highest BCUT2D eigenvalue weighted by atomic mass is 32.2. The third kappa shape index (κ3) is 5.64. The minimum Gasteiger partial charge on any atom is -0.345 e. The van der Waals surface area contributed by atoms with E-state index in [-0.39, 0.29) is 17.7 Å². The first-order valence-electron chi connectivity index (χ1n) is 9.63. The van der Waals surface area contributed by atoms with Crippen LogP contribution < -0.4 is 10.2 Å². The third-order valence-electron chi connectivity index (χ3n) is 5.10. The monoisotopic (exact) mass is 402 g/mol. The zero-order valence-electron chi connectivity index (χ0n) is 16.2. The lowest BCUT2D eigenvalue weighted by Gasteiger charge is -2.31. The lowest BCUT2D eigenvalue weighted by atomic mass is 10.1. The van der Waals surface area contributed by atoms with Gasteiger partial charge in [0.25, 0.3) is 5.91 Å². The predicted molar refractivity (Wildman–Crippen MR) is 109 cm³/mol. The molecule has 2 aromatic carbocycles. The van der Waals surface area contributed by atoms with Gasteiger partial charge in [0.1, 0.15) is 0 Å². The van der Waals surface area contributed by atoms with Crippen molar-refractivity contribution >= 4 is 15.9 Å². The molecule has 1 aliphatic heterocycles. The molecule has 0 saturated carbocycles. The zero-order valence-corrected chi connectivity index (χ0v) is 17.0. The molecule has 6 nitrogen and oxygen atoms in total. The molecular formula is C21H28N3O3S+. The van der Waals surface area contributed by atoms with Crippen LogP contribution in [0, 0.1) is 0 Å². The molecule has 150 valence electrons. The van der Waals surface area contributed by atoms with E-state index in [0.29, 0.717) is 32.7 Å². The Balaban J connectivity index is 1.46. The summed E-state index contributed by atoms with van der Waals surface area (Å²) in [7, 11) is -3.32. The minimum atomic E-state index is -3.32. The average molecular weight is 403 g/mol. The summed E-state index contributed by atoms with van der Waals surface area (Å²) in [5.74, 6) is 0.0186. The van der Waals surface area contributed by atoms with E-state index in [4.69, 9.17) is 0 Å². The fraction of sp³-hybridized carbons (Fsp3) is 0.381. The number of nitrogens with one attached hydrogen (secondary N) is 2.